The molecule has 0 aromatic carbocycles. The second kappa shape index (κ2) is 11.2. The van der Waals surface area contributed by atoms with E-state index < -0.39 is 0 Å². The summed E-state index contributed by atoms with van der Waals surface area (Å²) in [5, 5.41) is 3.05. The summed E-state index contributed by atoms with van der Waals surface area (Å²) in [6.07, 6.45) is 12.2. The van der Waals surface area contributed by atoms with E-state index in [1.165, 1.54) is 32.1 Å². The third-order valence-corrected chi connectivity index (χ3v) is 6.05. The Morgan fingerprint density at radius 2 is 1.97 bits per heavy atom. The fourth-order valence-electron chi connectivity index (χ4n) is 4.20. The van der Waals surface area contributed by atoms with E-state index in [1.807, 2.05) is 12.3 Å². The summed E-state index contributed by atoms with van der Waals surface area (Å²) in [6, 6.07) is 0.270. The molecular formula is C25H39N3O. The molecule has 1 aromatic rings. The van der Waals surface area contributed by atoms with Crippen molar-refractivity contribution < 1.29 is 4.79 Å². The van der Waals surface area contributed by atoms with Crippen molar-refractivity contribution >= 4 is 23.6 Å². The Bertz CT molecular complexity index is 721. The molecule has 1 N–H and O–H groups in total. The molecule has 0 atom stereocenters. The number of hydrogen-bond acceptors (Lipinski definition) is 2. The Morgan fingerprint density at radius 3 is 2.52 bits per heavy atom. The van der Waals surface area contributed by atoms with Crippen molar-refractivity contribution in [2.75, 3.05) is 26.2 Å². The van der Waals surface area contributed by atoms with Gasteiger partial charge in [-0.1, -0.05) is 52.0 Å². The van der Waals surface area contributed by atoms with Gasteiger partial charge < -0.3 is 14.8 Å². The molecule has 160 valence electrons. The van der Waals surface area contributed by atoms with Crippen LogP contribution in [0.15, 0.2) is 25.9 Å². The van der Waals surface area contributed by atoms with Crippen LogP contribution in [0.1, 0.15) is 75.7 Å². The van der Waals surface area contributed by atoms with Gasteiger partial charge in [0.05, 0.1) is 0 Å². The minimum atomic E-state index is -0.109. The van der Waals surface area contributed by atoms with Gasteiger partial charge in [-0.2, -0.15) is 0 Å². The number of hydrogen-bond donors (Lipinski definition) is 1. The molecule has 29 heavy (non-hydrogen) atoms. The summed E-state index contributed by atoms with van der Waals surface area (Å²) in [7, 11) is 0. The Hall–Kier alpha value is -2.07. The molecule has 0 bridgehead atoms. The van der Waals surface area contributed by atoms with Crippen LogP contribution < -0.4 is 5.32 Å². The minimum Gasteiger partial charge on any atom is -0.351 e. The Balaban J connectivity index is 1.88. The first-order chi connectivity index (χ1) is 13.9. The van der Waals surface area contributed by atoms with Crippen molar-refractivity contribution in [3.63, 3.8) is 0 Å². The lowest BCUT2D eigenvalue weighted by atomic mass is 9.92. The van der Waals surface area contributed by atoms with Crippen LogP contribution in [0.3, 0.4) is 0 Å². The monoisotopic (exact) mass is 397 g/mol. The molecule has 0 aliphatic carbocycles. The van der Waals surface area contributed by atoms with Gasteiger partial charge >= 0.3 is 0 Å². The number of nitrogens with one attached hydrogen (secondary N) is 1. The van der Waals surface area contributed by atoms with E-state index in [2.05, 4.69) is 55.3 Å². The van der Waals surface area contributed by atoms with E-state index >= 15 is 0 Å². The molecule has 1 saturated heterocycles. The number of amides is 1. The molecule has 0 spiro atoms. The van der Waals surface area contributed by atoms with E-state index in [1.54, 1.807) is 6.08 Å². The molecular weight excluding hydrogens is 358 g/mol. The van der Waals surface area contributed by atoms with E-state index in [0.29, 0.717) is 12.1 Å². The number of piperidine rings is 1. The topological polar surface area (TPSA) is 37.3 Å². The number of likely N-dealkylation sites (tertiary alicyclic amines) is 1. The van der Waals surface area contributed by atoms with Crippen LogP contribution >= 0.6 is 0 Å². The van der Waals surface area contributed by atoms with Crippen LogP contribution in [-0.2, 0) is 4.79 Å². The third kappa shape index (κ3) is 5.96. The molecule has 2 heterocycles. The first-order valence-corrected chi connectivity index (χ1v) is 11.1. The highest BCUT2D eigenvalue weighted by Crippen LogP contribution is 2.28. The van der Waals surface area contributed by atoms with E-state index in [-0.39, 0.29) is 11.9 Å². The van der Waals surface area contributed by atoms with Gasteiger partial charge in [-0.15, -0.1) is 0 Å². The van der Waals surface area contributed by atoms with Gasteiger partial charge in [0.25, 0.3) is 5.91 Å². The van der Waals surface area contributed by atoms with Crippen molar-refractivity contribution in [2.45, 2.75) is 58.9 Å². The SMILES string of the molecule is C=Cc1c(C(=C)C(=O)NCCN2CCC(CCCC)CC2)cn(C(C)C)c1C=C. The largest absolute Gasteiger partial charge is 0.351 e. The van der Waals surface area contributed by atoms with Crippen molar-refractivity contribution in [1.29, 1.82) is 0 Å². The number of carbonyl (C=O) groups excluding carboxylic acids is 1. The second-order valence-corrected chi connectivity index (χ2v) is 8.41. The highest BCUT2D eigenvalue weighted by Gasteiger charge is 2.21. The maximum Gasteiger partial charge on any atom is 0.251 e. The summed E-state index contributed by atoms with van der Waals surface area (Å²) in [5.74, 6) is 0.782. The van der Waals surface area contributed by atoms with Gasteiger partial charge in [0.1, 0.15) is 0 Å². The standard InChI is InChI=1S/C25H39N3O/c1-7-10-11-21-12-15-27(16-13-21)17-14-26-25(29)20(6)23-18-28(19(4)5)24(9-3)22(23)8-2/h8-9,18-19,21H,2-3,6-7,10-17H2,1,4-5H3,(H,26,29). The van der Waals surface area contributed by atoms with Gasteiger partial charge in [0, 0.05) is 47.7 Å². The molecule has 2 rings (SSSR count). The zero-order valence-electron chi connectivity index (χ0n) is 18.7. The van der Waals surface area contributed by atoms with E-state index in [9.17, 15) is 4.79 Å². The van der Waals surface area contributed by atoms with Crippen molar-refractivity contribution in [3.8, 4) is 0 Å². The first kappa shape index (κ1) is 23.2. The van der Waals surface area contributed by atoms with Crippen LogP contribution in [0.2, 0.25) is 0 Å². The summed E-state index contributed by atoms with van der Waals surface area (Å²) >= 11 is 0. The zero-order chi connectivity index (χ0) is 21.4. The number of aromatic nitrogens is 1. The quantitative estimate of drug-likeness (QED) is 0.509. The highest BCUT2D eigenvalue weighted by molar-refractivity contribution is 6.19. The Labute approximate surface area is 177 Å². The second-order valence-electron chi connectivity index (χ2n) is 8.41. The molecule has 1 amide bonds. The normalized spacial score (nSPS) is 15.4. The van der Waals surface area contributed by atoms with Crippen LogP contribution in [0.25, 0.3) is 17.7 Å². The Morgan fingerprint density at radius 1 is 1.28 bits per heavy atom. The predicted octanol–water partition coefficient (Wildman–Crippen LogP) is 5.39. The molecule has 1 aliphatic heterocycles. The predicted molar refractivity (Wildman–Crippen MR) is 126 cm³/mol. The fourth-order valence-corrected chi connectivity index (χ4v) is 4.20. The molecule has 0 unspecified atom stereocenters. The average Bonchev–Trinajstić information content (AvgIpc) is 3.11. The van der Waals surface area contributed by atoms with Crippen LogP contribution in [-0.4, -0.2) is 41.6 Å². The lowest BCUT2D eigenvalue weighted by Gasteiger charge is -2.32. The summed E-state index contributed by atoms with van der Waals surface area (Å²) in [4.78, 5) is 15.2. The minimum absolute atomic E-state index is 0.109. The van der Waals surface area contributed by atoms with Gasteiger partial charge in [-0.3, -0.25) is 4.79 Å². The highest BCUT2D eigenvalue weighted by atomic mass is 16.1. The lowest BCUT2D eigenvalue weighted by molar-refractivity contribution is -0.115. The maximum atomic E-state index is 12.7. The molecule has 1 aromatic heterocycles. The zero-order valence-corrected chi connectivity index (χ0v) is 18.7. The number of unbranched alkanes of at least 4 members (excludes halogenated alkanes) is 1. The fraction of sp³-hybridized carbons (Fsp3) is 0.560. The number of carbonyl (C=O) groups is 1. The molecule has 0 saturated carbocycles. The van der Waals surface area contributed by atoms with Crippen LogP contribution in [0.5, 0.6) is 0 Å². The lowest BCUT2D eigenvalue weighted by Crippen LogP contribution is -2.39. The molecule has 1 fully saturated rings. The van der Waals surface area contributed by atoms with E-state index in [0.717, 1.165) is 42.4 Å². The Kier molecular flexibility index (Phi) is 8.97. The van der Waals surface area contributed by atoms with Gasteiger partial charge in [0.2, 0.25) is 0 Å². The summed E-state index contributed by atoms with van der Waals surface area (Å²) in [6.45, 7) is 22.2. The molecule has 1 aliphatic rings. The third-order valence-electron chi connectivity index (χ3n) is 6.05. The number of rotatable bonds is 11. The summed E-state index contributed by atoms with van der Waals surface area (Å²) < 4.78 is 2.11. The van der Waals surface area contributed by atoms with Crippen molar-refractivity contribution in [2.24, 2.45) is 5.92 Å². The summed E-state index contributed by atoms with van der Waals surface area (Å²) in [5.41, 5.74) is 3.21. The average molecular weight is 398 g/mol. The van der Waals surface area contributed by atoms with Crippen LogP contribution in [0, 0.1) is 5.92 Å². The van der Waals surface area contributed by atoms with Crippen molar-refractivity contribution in [3.05, 3.63) is 42.8 Å². The van der Waals surface area contributed by atoms with Gasteiger partial charge in [0.15, 0.2) is 0 Å². The van der Waals surface area contributed by atoms with Crippen molar-refractivity contribution in [1.82, 2.24) is 14.8 Å². The molecule has 4 heteroatoms. The van der Waals surface area contributed by atoms with Gasteiger partial charge in [-0.05, 0) is 51.8 Å². The van der Waals surface area contributed by atoms with Gasteiger partial charge in [-0.25, -0.2) is 0 Å². The number of nitrogens with zero attached hydrogens (tertiary/aromatic N) is 2. The first-order valence-electron chi connectivity index (χ1n) is 11.1. The maximum absolute atomic E-state index is 12.7. The van der Waals surface area contributed by atoms with E-state index in [4.69, 9.17) is 0 Å². The molecule has 0 radical (unpaired) electrons. The van der Waals surface area contributed by atoms with Crippen LogP contribution in [0.4, 0.5) is 0 Å². The smallest absolute Gasteiger partial charge is 0.251 e. The molecule has 4 nitrogen and oxygen atoms in total.